The van der Waals surface area contributed by atoms with Crippen LogP contribution in [0.5, 0.6) is 11.5 Å². The minimum Gasteiger partial charge on any atom is -0.497 e. The van der Waals surface area contributed by atoms with Crippen molar-refractivity contribution in [3.8, 4) is 56.5 Å². The molecule has 0 saturated carbocycles. The van der Waals surface area contributed by atoms with E-state index in [1.165, 1.54) is 0 Å². The van der Waals surface area contributed by atoms with Gasteiger partial charge >= 0.3 is 0 Å². The van der Waals surface area contributed by atoms with Crippen LogP contribution >= 0.6 is 0 Å². The number of hydrogen-bond donors (Lipinski definition) is 2. The van der Waals surface area contributed by atoms with Gasteiger partial charge in [0.15, 0.2) is 0 Å². The van der Waals surface area contributed by atoms with Crippen LogP contribution in [0, 0.1) is 0 Å². The average Bonchev–Trinajstić information content (AvgIpc) is 3.55. The van der Waals surface area contributed by atoms with E-state index in [-0.39, 0.29) is 0 Å². The van der Waals surface area contributed by atoms with E-state index in [2.05, 4.69) is 38.6 Å². The van der Waals surface area contributed by atoms with Crippen molar-refractivity contribution in [2.45, 2.75) is 0 Å². The molecule has 0 aliphatic carbocycles. The Morgan fingerprint density at radius 2 is 0.969 bits per heavy atom. The molecule has 6 nitrogen and oxygen atoms in total. The van der Waals surface area contributed by atoms with E-state index in [0.717, 1.165) is 56.5 Å². The molecule has 0 radical (unpaired) electrons. The number of rotatable bonds is 6. The van der Waals surface area contributed by atoms with Gasteiger partial charge in [-0.3, -0.25) is 10.2 Å². The number of benzene rings is 3. The second-order valence-electron chi connectivity index (χ2n) is 7.37. The highest BCUT2D eigenvalue weighted by atomic mass is 16.5. The van der Waals surface area contributed by atoms with Crippen LogP contribution in [0.3, 0.4) is 0 Å². The summed E-state index contributed by atoms with van der Waals surface area (Å²) in [6.07, 6.45) is 0. The zero-order valence-electron chi connectivity index (χ0n) is 17.8. The normalized spacial score (nSPS) is 10.8. The van der Waals surface area contributed by atoms with E-state index in [9.17, 15) is 0 Å². The maximum Gasteiger partial charge on any atom is 0.118 e. The lowest BCUT2D eigenvalue weighted by Gasteiger charge is -2.01. The van der Waals surface area contributed by atoms with Crippen LogP contribution in [0.15, 0.2) is 84.9 Å². The number of nitrogens with one attached hydrogen (secondary N) is 2. The van der Waals surface area contributed by atoms with Crippen molar-refractivity contribution in [1.82, 2.24) is 20.4 Å². The number of ether oxygens (including phenoxy) is 2. The molecule has 5 rings (SSSR count). The smallest absolute Gasteiger partial charge is 0.118 e. The van der Waals surface area contributed by atoms with E-state index in [1.807, 2.05) is 66.7 Å². The number of H-pyrrole nitrogens is 2. The number of methoxy groups -OCH3 is 2. The van der Waals surface area contributed by atoms with Crippen molar-refractivity contribution in [2.24, 2.45) is 0 Å². The van der Waals surface area contributed by atoms with E-state index in [0.29, 0.717) is 0 Å². The Morgan fingerprint density at radius 3 is 1.38 bits per heavy atom. The van der Waals surface area contributed by atoms with Crippen LogP contribution in [0.25, 0.3) is 45.0 Å². The lowest BCUT2D eigenvalue weighted by molar-refractivity contribution is 0.415. The summed E-state index contributed by atoms with van der Waals surface area (Å²) in [4.78, 5) is 0. The molecule has 0 atom stereocenters. The average molecular weight is 422 g/mol. The van der Waals surface area contributed by atoms with Crippen molar-refractivity contribution in [1.29, 1.82) is 0 Å². The molecular formula is C26H22N4O2. The summed E-state index contributed by atoms with van der Waals surface area (Å²) in [5.74, 6) is 1.66. The van der Waals surface area contributed by atoms with Gasteiger partial charge in [0.25, 0.3) is 0 Å². The van der Waals surface area contributed by atoms with Crippen molar-refractivity contribution in [2.75, 3.05) is 14.2 Å². The first kappa shape index (κ1) is 19.6. The fraction of sp³-hybridized carbons (Fsp3) is 0.0769. The van der Waals surface area contributed by atoms with Gasteiger partial charge in [0, 0.05) is 11.1 Å². The molecule has 32 heavy (non-hydrogen) atoms. The number of aromatic amines is 2. The van der Waals surface area contributed by atoms with Crippen LogP contribution in [0.4, 0.5) is 0 Å². The predicted octanol–water partition coefficient (Wildman–Crippen LogP) is 5.82. The maximum absolute atomic E-state index is 5.24. The first-order valence-electron chi connectivity index (χ1n) is 10.2. The van der Waals surface area contributed by atoms with Gasteiger partial charge in [-0.15, -0.1) is 0 Å². The number of nitrogens with zero attached hydrogens (tertiary/aromatic N) is 2. The quantitative estimate of drug-likeness (QED) is 0.362. The minimum absolute atomic E-state index is 0.828. The molecule has 0 aliphatic heterocycles. The van der Waals surface area contributed by atoms with Crippen molar-refractivity contribution in [3.63, 3.8) is 0 Å². The van der Waals surface area contributed by atoms with Gasteiger partial charge in [0.2, 0.25) is 0 Å². The Kier molecular flexibility index (Phi) is 5.17. The molecule has 2 heterocycles. The Hall–Kier alpha value is -4.32. The van der Waals surface area contributed by atoms with E-state index in [1.54, 1.807) is 14.2 Å². The molecular weight excluding hydrogens is 400 g/mol. The van der Waals surface area contributed by atoms with E-state index >= 15 is 0 Å². The minimum atomic E-state index is 0.828. The van der Waals surface area contributed by atoms with Crippen molar-refractivity contribution in [3.05, 3.63) is 84.9 Å². The Labute approximate surface area is 185 Å². The monoisotopic (exact) mass is 422 g/mol. The molecule has 0 unspecified atom stereocenters. The Bertz CT molecular complexity index is 1230. The highest BCUT2D eigenvalue weighted by molar-refractivity contribution is 5.74. The fourth-order valence-corrected chi connectivity index (χ4v) is 3.61. The predicted molar refractivity (Wildman–Crippen MR) is 126 cm³/mol. The summed E-state index contributed by atoms with van der Waals surface area (Å²) in [6.45, 7) is 0. The zero-order valence-corrected chi connectivity index (χ0v) is 17.8. The zero-order chi connectivity index (χ0) is 21.9. The lowest BCUT2D eigenvalue weighted by Crippen LogP contribution is -1.82. The molecule has 0 spiro atoms. The molecule has 0 saturated heterocycles. The van der Waals surface area contributed by atoms with Crippen LogP contribution in [0.1, 0.15) is 0 Å². The van der Waals surface area contributed by atoms with Crippen molar-refractivity contribution >= 4 is 0 Å². The number of aromatic nitrogens is 4. The third-order valence-electron chi connectivity index (χ3n) is 5.41. The maximum atomic E-state index is 5.24. The Morgan fingerprint density at radius 1 is 0.531 bits per heavy atom. The summed E-state index contributed by atoms with van der Waals surface area (Å²) >= 11 is 0. The van der Waals surface area contributed by atoms with Crippen LogP contribution < -0.4 is 9.47 Å². The van der Waals surface area contributed by atoms with E-state index in [4.69, 9.17) is 9.47 Å². The first-order chi connectivity index (χ1) is 15.7. The molecule has 0 bridgehead atoms. The van der Waals surface area contributed by atoms with Gasteiger partial charge in [0.1, 0.15) is 11.5 Å². The van der Waals surface area contributed by atoms with Gasteiger partial charge in [-0.05, 0) is 77.9 Å². The third-order valence-corrected chi connectivity index (χ3v) is 5.41. The SMILES string of the molecule is COc1ccc(-c2cc(-c3cccc(-c4cc(-c5ccc(OC)cc5)[nH]n4)c3)n[nH]2)cc1. The van der Waals surface area contributed by atoms with Crippen LogP contribution in [-0.4, -0.2) is 34.6 Å². The molecule has 0 fully saturated rings. The molecule has 6 heteroatoms. The molecule has 0 amide bonds. The molecule has 3 aromatic carbocycles. The highest BCUT2D eigenvalue weighted by Crippen LogP contribution is 2.30. The topological polar surface area (TPSA) is 75.8 Å². The third kappa shape index (κ3) is 3.86. The van der Waals surface area contributed by atoms with Gasteiger partial charge in [0.05, 0.1) is 37.0 Å². The van der Waals surface area contributed by atoms with Crippen LogP contribution in [-0.2, 0) is 0 Å². The lowest BCUT2D eigenvalue weighted by atomic mass is 10.0. The molecule has 5 aromatic rings. The van der Waals surface area contributed by atoms with Gasteiger partial charge in [-0.1, -0.05) is 18.2 Å². The van der Waals surface area contributed by atoms with Gasteiger partial charge < -0.3 is 9.47 Å². The number of hydrogen-bond acceptors (Lipinski definition) is 4. The second kappa shape index (κ2) is 8.43. The van der Waals surface area contributed by atoms with Gasteiger partial charge in [-0.2, -0.15) is 10.2 Å². The van der Waals surface area contributed by atoms with Crippen molar-refractivity contribution < 1.29 is 9.47 Å². The molecule has 2 N–H and O–H groups in total. The summed E-state index contributed by atoms with van der Waals surface area (Å²) in [5.41, 5.74) is 7.81. The summed E-state index contributed by atoms with van der Waals surface area (Å²) in [5, 5.41) is 15.3. The summed E-state index contributed by atoms with van der Waals surface area (Å²) in [7, 11) is 3.32. The summed E-state index contributed by atoms with van der Waals surface area (Å²) < 4.78 is 10.5. The van der Waals surface area contributed by atoms with Crippen LogP contribution in [0.2, 0.25) is 0 Å². The largest absolute Gasteiger partial charge is 0.497 e. The molecule has 2 aromatic heterocycles. The summed E-state index contributed by atoms with van der Waals surface area (Å²) in [6, 6.07) is 28.1. The second-order valence-corrected chi connectivity index (χ2v) is 7.37. The first-order valence-corrected chi connectivity index (χ1v) is 10.2. The molecule has 0 aliphatic rings. The van der Waals surface area contributed by atoms with Gasteiger partial charge in [-0.25, -0.2) is 0 Å². The standard InChI is InChI=1S/C26H22N4O2/c1-31-21-10-6-17(7-11-21)23-15-25(29-27-23)19-4-3-5-20(14-19)26-16-24(28-30-26)18-8-12-22(32-2)13-9-18/h3-16H,1-2H3,(H,27,29)(H,28,30). The molecule has 158 valence electrons. The van der Waals surface area contributed by atoms with E-state index < -0.39 is 0 Å². The Balaban J connectivity index is 1.40. The fourth-order valence-electron chi connectivity index (χ4n) is 3.61. The highest BCUT2D eigenvalue weighted by Gasteiger charge is 2.10.